The fourth-order valence-corrected chi connectivity index (χ4v) is 12.9. The molecule has 2 atom stereocenters. The maximum Gasteiger partial charge on any atom is 0.252 e. The number of anilines is 8. The van der Waals surface area contributed by atoms with Gasteiger partial charge in [-0.25, -0.2) is 0 Å². The zero-order valence-electron chi connectivity index (χ0n) is 41.8. The van der Waals surface area contributed by atoms with Crippen LogP contribution in [-0.4, -0.2) is 12.3 Å². The van der Waals surface area contributed by atoms with Gasteiger partial charge in [0, 0.05) is 50.7 Å². The Morgan fingerprint density at radius 3 is 1.38 bits per heavy atom. The van der Waals surface area contributed by atoms with Crippen molar-refractivity contribution in [2.75, 3.05) is 14.7 Å². The molecule has 0 amide bonds. The minimum absolute atomic E-state index is 0.0107. The molecule has 1 aliphatic carbocycles. The summed E-state index contributed by atoms with van der Waals surface area (Å²) in [6, 6.07) is 69.8. The van der Waals surface area contributed by atoms with E-state index in [1.807, 2.05) is 0 Å². The molecule has 0 bridgehead atoms. The van der Waals surface area contributed by atoms with Crippen LogP contribution in [0.4, 0.5) is 45.5 Å². The van der Waals surface area contributed by atoms with Crippen molar-refractivity contribution < 1.29 is 0 Å². The van der Waals surface area contributed by atoms with Gasteiger partial charge in [0.25, 0.3) is 6.71 Å². The summed E-state index contributed by atoms with van der Waals surface area (Å²) in [5.41, 5.74) is 22.7. The summed E-state index contributed by atoms with van der Waals surface area (Å²) in [4.78, 5) is 8.09. The maximum absolute atomic E-state index is 2.80. The van der Waals surface area contributed by atoms with Crippen molar-refractivity contribution >= 4 is 68.6 Å². The second-order valence-corrected chi connectivity index (χ2v) is 22.8. The first-order valence-electron chi connectivity index (χ1n) is 25.5. The molecule has 1 fully saturated rings. The van der Waals surface area contributed by atoms with Crippen molar-refractivity contribution in [1.29, 1.82) is 0 Å². The predicted octanol–water partition coefficient (Wildman–Crippen LogP) is 15.8. The Balaban J connectivity index is 1.22. The number of para-hydroxylation sites is 3. The van der Waals surface area contributed by atoms with Crippen LogP contribution in [0.3, 0.4) is 0 Å². The Bertz CT molecular complexity index is 3110. The first-order valence-corrected chi connectivity index (χ1v) is 25.5. The van der Waals surface area contributed by atoms with Crippen LogP contribution in [0.15, 0.2) is 182 Å². The molecule has 12 rings (SSSR count). The van der Waals surface area contributed by atoms with E-state index in [0.717, 1.165) is 6.42 Å². The summed E-state index contributed by atoms with van der Waals surface area (Å²) in [7, 11) is 0. The molecule has 0 aromatic heterocycles. The molecule has 1 saturated carbocycles. The molecule has 0 saturated heterocycles. The van der Waals surface area contributed by atoms with Crippen molar-refractivity contribution in [3.8, 4) is 22.3 Å². The number of hydrogen-bond donors (Lipinski definition) is 0. The molecule has 0 N–H and O–H groups in total. The van der Waals surface area contributed by atoms with Gasteiger partial charge < -0.3 is 14.7 Å². The second-order valence-electron chi connectivity index (χ2n) is 22.8. The van der Waals surface area contributed by atoms with Gasteiger partial charge >= 0.3 is 0 Å². The molecule has 3 aliphatic heterocycles. The van der Waals surface area contributed by atoms with Crippen LogP contribution < -0.4 is 31.1 Å². The van der Waals surface area contributed by atoms with Gasteiger partial charge in [0.2, 0.25) is 0 Å². The lowest BCUT2D eigenvalue weighted by atomic mass is 9.33. The third-order valence-electron chi connectivity index (χ3n) is 16.8. The smallest absolute Gasteiger partial charge is 0.252 e. The van der Waals surface area contributed by atoms with Gasteiger partial charge in [-0.3, -0.25) is 0 Å². The third-order valence-corrected chi connectivity index (χ3v) is 16.8. The quantitative estimate of drug-likeness (QED) is 0.159. The van der Waals surface area contributed by atoms with Gasteiger partial charge in [-0.05, 0) is 129 Å². The first kappa shape index (κ1) is 43.5. The lowest BCUT2D eigenvalue weighted by Gasteiger charge is -2.48. The highest BCUT2D eigenvalue weighted by molar-refractivity contribution is 7.00. The monoisotopic (exact) mass is 898 g/mol. The first-order chi connectivity index (χ1) is 33.3. The van der Waals surface area contributed by atoms with E-state index in [1.165, 1.54) is 127 Å². The van der Waals surface area contributed by atoms with Crippen molar-refractivity contribution in [2.45, 2.75) is 109 Å². The molecule has 4 heteroatoms. The summed E-state index contributed by atoms with van der Waals surface area (Å²) in [6.07, 6.45) is 6.05. The van der Waals surface area contributed by atoms with E-state index in [9.17, 15) is 0 Å². The van der Waals surface area contributed by atoms with E-state index < -0.39 is 0 Å². The molecule has 0 spiro atoms. The molecule has 0 radical (unpaired) electrons. The lowest BCUT2D eigenvalue weighted by molar-refractivity contribution is 0.261. The van der Waals surface area contributed by atoms with Crippen molar-refractivity contribution in [3.05, 3.63) is 199 Å². The van der Waals surface area contributed by atoms with Gasteiger partial charge in [0.05, 0.1) is 16.9 Å². The molecule has 3 heterocycles. The zero-order chi connectivity index (χ0) is 47.5. The van der Waals surface area contributed by atoms with Crippen LogP contribution in [0.1, 0.15) is 104 Å². The molecular formula is C65H64BN3. The molecule has 69 heavy (non-hydrogen) atoms. The molecular weight excluding hydrogens is 834 g/mol. The van der Waals surface area contributed by atoms with Crippen LogP contribution in [0.5, 0.6) is 0 Å². The van der Waals surface area contributed by atoms with Crippen LogP contribution in [0.25, 0.3) is 22.3 Å². The average Bonchev–Trinajstić information content (AvgIpc) is 3.42. The van der Waals surface area contributed by atoms with Crippen molar-refractivity contribution in [1.82, 2.24) is 0 Å². The Labute approximate surface area is 411 Å². The zero-order valence-corrected chi connectivity index (χ0v) is 41.8. The summed E-state index contributed by atoms with van der Waals surface area (Å²) < 4.78 is 0. The Kier molecular flexibility index (Phi) is 10.0. The topological polar surface area (TPSA) is 9.72 Å². The maximum atomic E-state index is 2.80. The van der Waals surface area contributed by atoms with Gasteiger partial charge in [-0.1, -0.05) is 195 Å². The fourth-order valence-electron chi connectivity index (χ4n) is 12.9. The molecule has 8 aromatic carbocycles. The van der Waals surface area contributed by atoms with Gasteiger partial charge in [-0.2, -0.15) is 0 Å². The number of hydrogen-bond acceptors (Lipinski definition) is 3. The molecule has 4 aliphatic rings. The molecule has 2 unspecified atom stereocenters. The molecule has 3 nitrogen and oxygen atoms in total. The van der Waals surface area contributed by atoms with Gasteiger partial charge in [-0.15, -0.1) is 0 Å². The van der Waals surface area contributed by atoms with E-state index in [2.05, 4.69) is 252 Å². The average molecular weight is 898 g/mol. The largest absolute Gasteiger partial charge is 0.334 e. The normalized spacial score (nSPS) is 19.3. The van der Waals surface area contributed by atoms with Gasteiger partial charge in [0.1, 0.15) is 0 Å². The SMILES string of the molecule is CC(C)(C)c1ccc(N2c3ccccc3B3c4ccccc4N(c4ccc(C(C)(C)C)cc4-c4ccccc4)c4cc(N5c6ccccc6C6(C)CCCCCC56C)cc2c43)c(-c2ccccc2)c1. The Morgan fingerprint density at radius 1 is 0.420 bits per heavy atom. The molecule has 342 valence electrons. The highest BCUT2D eigenvalue weighted by Gasteiger charge is 2.57. The van der Waals surface area contributed by atoms with Crippen LogP contribution in [0.2, 0.25) is 0 Å². The number of rotatable bonds is 5. The van der Waals surface area contributed by atoms with E-state index in [1.54, 1.807) is 0 Å². The lowest BCUT2D eigenvalue weighted by Crippen LogP contribution is -2.61. The summed E-state index contributed by atoms with van der Waals surface area (Å²) in [5, 5.41) is 0. The summed E-state index contributed by atoms with van der Waals surface area (Å²) in [6.45, 7) is 19.2. The summed E-state index contributed by atoms with van der Waals surface area (Å²) >= 11 is 0. The van der Waals surface area contributed by atoms with E-state index in [4.69, 9.17) is 0 Å². The second kappa shape index (κ2) is 15.9. The minimum atomic E-state index is -0.143. The summed E-state index contributed by atoms with van der Waals surface area (Å²) in [5.74, 6) is 0. The van der Waals surface area contributed by atoms with Crippen LogP contribution >= 0.6 is 0 Å². The number of fused-ring (bicyclic) bond motifs is 7. The standard InChI is InChI=1S/C65H64BN3/c1-62(2,3)46-34-36-54(49(40-46)44-24-12-9-13-25-44)67-57-32-20-17-29-52(57)66-53-30-18-21-33-58(53)68(55-37-35-47(63(4,5)6)41-50(55)45-26-14-10-15-27-45)60-43-48(42-59(67)61(60)66)69-56-31-19-16-28-51(56)64(7)38-22-11-23-39-65(64,69)8/h9-10,12-21,24-37,40-43H,11,22-23,38-39H2,1-8H3. The van der Waals surface area contributed by atoms with Crippen LogP contribution in [-0.2, 0) is 16.2 Å². The van der Waals surface area contributed by atoms with Crippen LogP contribution in [0, 0.1) is 0 Å². The van der Waals surface area contributed by atoms with Gasteiger partial charge in [0.15, 0.2) is 0 Å². The van der Waals surface area contributed by atoms with E-state index >= 15 is 0 Å². The van der Waals surface area contributed by atoms with E-state index in [-0.39, 0.29) is 28.5 Å². The fraction of sp³-hybridized carbons (Fsp3) is 0.262. The van der Waals surface area contributed by atoms with Crippen molar-refractivity contribution in [2.24, 2.45) is 0 Å². The predicted molar refractivity (Wildman–Crippen MR) is 296 cm³/mol. The Hall–Kier alpha value is -6.78. The third kappa shape index (κ3) is 6.69. The van der Waals surface area contributed by atoms with Crippen molar-refractivity contribution in [3.63, 3.8) is 0 Å². The van der Waals surface area contributed by atoms with E-state index in [0.29, 0.717) is 0 Å². The number of nitrogens with zero attached hydrogens (tertiary/aromatic N) is 3. The molecule has 8 aromatic rings. The Morgan fingerprint density at radius 2 is 0.870 bits per heavy atom. The highest BCUT2D eigenvalue weighted by Crippen LogP contribution is 2.61. The highest BCUT2D eigenvalue weighted by atomic mass is 15.3. The minimum Gasteiger partial charge on any atom is -0.334 e. The number of benzene rings is 8.